The van der Waals surface area contributed by atoms with Gasteiger partial charge in [-0.05, 0) is 12.1 Å². The van der Waals surface area contributed by atoms with Gasteiger partial charge >= 0.3 is 5.97 Å². The number of carboxylic acids is 1. The Morgan fingerprint density at radius 3 is 2.43 bits per heavy atom. The number of rotatable bonds is 1. The van der Waals surface area contributed by atoms with Crippen molar-refractivity contribution in [3.63, 3.8) is 0 Å². The van der Waals surface area contributed by atoms with Gasteiger partial charge in [0, 0.05) is 5.41 Å². The molecule has 3 nitrogen and oxygen atoms in total. The molecule has 0 saturated carbocycles. The zero-order valence-electron chi connectivity index (χ0n) is 8.34. The highest BCUT2D eigenvalue weighted by molar-refractivity contribution is 6.29. The van der Waals surface area contributed by atoms with Crippen molar-refractivity contribution >= 4 is 17.6 Å². The molecule has 0 aliphatic rings. The third-order valence-electron chi connectivity index (χ3n) is 1.80. The quantitative estimate of drug-likeness (QED) is 0.730. The smallest absolute Gasteiger partial charge is 0.337 e. The molecule has 0 aliphatic carbocycles. The normalized spacial score (nSPS) is 11.4. The summed E-state index contributed by atoms with van der Waals surface area (Å²) < 4.78 is 0. The Hall–Kier alpha value is -1.09. The summed E-state index contributed by atoms with van der Waals surface area (Å²) in [6, 6.07) is 2.97. The summed E-state index contributed by atoms with van der Waals surface area (Å²) in [6.07, 6.45) is 0. The molecule has 0 spiro atoms. The van der Waals surface area contributed by atoms with E-state index in [1.165, 1.54) is 12.1 Å². The van der Waals surface area contributed by atoms with Gasteiger partial charge in [-0.1, -0.05) is 32.4 Å². The number of hydrogen-bond donors (Lipinski definition) is 1. The lowest BCUT2D eigenvalue weighted by Crippen LogP contribution is -2.19. The summed E-state index contributed by atoms with van der Waals surface area (Å²) in [5.74, 6) is -0.973. The number of hydrogen-bond acceptors (Lipinski definition) is 2. The van der Waals surface area contributed by atoms with E-state index in [-0.39, 0.29) is 11.0 Å². The Bertz CT molecular complexity index is 369. The Morgan fingerprint density at radius 2 is 2.00 bits per heavy atom. The highest BCUT2D eigenvalue weighted by Gasteiger charge is 2.23. The zero-order chi connectivity index (χ0) is 10.9. The maximum absolute atomic E-state index is 10.9. The molecule has 4 heteroatoms. The Balaban J connectivity index is 3.38. The standard InChI is InChI=1S/C10H12ClNO2/c1-10(2,3)8-6(9(13)14)4-5-7(11)12-8/h4-5H,1-3H3,(H,13,14). The van der Waals surface area contributed by atoms with Crippen LogP contribution in [0.25, 0.3) is 0 Å². The SMILES string of the molecule is CC(C)(C)c1nc(Cl)ccc1C(=O)O. The maximum atomic E-state index is 10.9. The number of pyridine rings is 1. The predicted octanol–water partition coefficient (Wildman–Crippen LogP) is 2.73. The molecule has 0 fully saturated rings. The van der Waals surface area contributed by atoms with Crippen molar-refractivity contribution in [3.8, 4) is 0 Å². The molecule has 0 unspecified atom stereocenters. The molecule has 0 radical (unpaired) electrons. The number of nitrogens with zero attached hydrogens (tertiary/aromatic N) is 1. The lowest BCUT2D eigenvalue weighted by molar-refractivity contribution is 0.0693. The van der Waals surface area contributed by atoms with Crippen LogP contribution in [0.15, 0.2) is 12.1 Å². The van der Waals surface area contributed by atoms with Crippen LogP contribution in [0.4, 0.5) is 0 Å². The Kier molecular flexibility index (Phi) is 2.81. The van der Waals surface area contributed by atoms with Gasteiger partial charge < -0.3 is 5.11 Å². The van der Waals surface area contributed by atoms with Crippen molar-refractivity contribution < 1.29 is 9.90 Å². The number of carbonyl (C=O) groups is 1. The highest BCUT2D eigenvalue weighted by Crippen LogP contribution is 2.25. The summed E-state index contributed by atoms with van der Waals surface area (Å²) in [7, 11) is 0. The van der Waals surface area contributed by atoms with Crippen molar-refractivity contribution in [2.75, 3.05) is 0 Å². The van der Waals surface area contributed by atoms with E-state index in [9.17, 15) is 4.79 Å². The molecule has 0 saturated heterocycles. The van der Waals surface area contributed by atoms with Crippen LogP contribution in [0.2, 0.25) is 5.15 Å². The minimum atomic E-state index is -0.973. The van der Waals surface area contributed by atoms with Gasteiger partial charge in [0.15, 0.2) is 0 Å². The van der Waals surface area contributed by atoms with Gasteiger partial charge in [-0.2, -0.15) is 0 Å². The van der Waals surface area contributed by atoms with E-state index >= 15 is 0 Å². The first kappa shape index (κ1) is 11.0. The van der Waals surface area contributed by atoms with Crippen molar-refractivity contribution in [1.29, 1.82) is 0 Å². The second-order valence-electron chi connectivity index (χ2n) is 4.09. The first-order chi connectivity index (χ1) is 6.32. The molecule has 0 atom stereocenters. The second kappa shape index (κ2) is 3.58. The van der Waals surface area contributed by atoms with Gasteiger partial charge in [0.05, 0.1) is 11.3 Å². The van der Waals surface area contributed by atoms with Crippen LogP contribution in [-0.2, 0) is 5.41 Å². The Morgan fingerprint density at radius 1 is 1.43 bits per heavy atom. The van der Waals surface area contributed by atoms with Crippen LogP contribution in [-0.4, -0.2) is 16.1 Å². The summed E-state index contributed by atoms with van der Waals surface area (Å²) in [6.45, 7) is 5.70. The van der Waals surface area contributed by atoms with E-state index in [4.69, 9.17) is 16.7 Å². The van der Waals surface area contributed by atoms with Gasteiger partial charge in [-0.15, -0.1) is 0 Å². The molecule has 1 rings (SSSR count). The van der Waals surface area contributed by atoms with Crippen LogP contribution in [0.1, 0.15) is 36.8 Å². The van der Waals surface area contributed by atoms with Crippen molar-refractivity contribution in [2.24, 2.45) is 0 Å². The van der Waals surface area contributed by atoms with Gasteiger partial charge in [-0.3, -0.25) is 0 Å². The molecule has 1 aromatic rings. The average Bonchev–Trinajstić information content (AvgIpc) is 2.01. The maximum Gasteiger partial charge on any atom is 0.337 e. The fraction of sp³-hybridized carbons (Fsp3) is 0.400. The van der Waals surface area contributed by atoms with Crippen molar-refractivity contribution in [1.82, 2.24) is 4.98 Å². The van der Waals surface area contributed by atoms with Gasteiger partial charge in [0.1, 0.15) is 5.15 Å². The number of aromatic nitrogens is 1. The molecule has 0 aliphatic heterocycles. The molecular formula is C10H12ClNO2. The van der Waals surface area contributed by atoms with E-state index < -0.39 is 5.97 Å². The van der Waals surface area contributed by atoms with Crippen LogP contribution >= 0.6 is 11.6 Å². The lowest BCUT2D eigenvalue weighted by Gasteiger charge is -2.19. The Labute approximate surface area is 87.7 Å². The van der Waals surface area contributed by atoms with Gasteiger partial charge in [-0.25, -0.2) is 9.78 Å². The second-order valence-corrected chi connectivity index (χ2v) is 4.47. The third-order valence-corrected chi connectivity index (χ3v) is 2.01. The number of aromatic carboxylic acids is 1. The molecule has 1 heterocycles. The fourth-order valence-corrected chi connectivity index (χ4v) is 1.33. The zero-order valence-corrected chi connectivity index (χ0v) is 9.09. The molecule has 0 aromatic carbocycles. The van der Waals surface area contributed by atoms with E-state index in [2.05, 4.69) is 4.98 Å². The van der Waals surface area contributed by atoms with E-state index in [1.54, 1.807) is 0 Å². The molecule has 1 N–H and O–H groups in total. The van der Waals surface area contributed by atoms with Crippen LogP contribution < -0.4 is 0 Å². The summed E-state index contributed by atoms with van der Waals surface area (Å²) in [4.78, 5) is 14.9. The van der Waals surface area contributed by atoms with Crippen molar-refractivity contribution in [3.05, 3.63) is 28.5 Å². The largest absolute Gasteiger partial charge is 0.478 e. The fourth-order valence-electron chi connectivity index (χ4n) is 1.18. The minimum Gasteiger partial charge on any atom is -0.478 e. The lowest BCUT2D eigenvalue weighted by atomic mass is 9.88. The van der Waals surface area contributed by atoms with Gasteiger partial charge in [0.25, 0.3) is 0 Å². The molecule has 0 bridgehead atoms. The number of halogens is 1. The van der Waals surface area contributed by atoms with Crippen LogP contribution in [0.3, 0.4) is 0 Å². The summed E-state index contributed by atoms with van der Waals surface area (Å²) in [5.41, 5.74) is 0.401. The first-order valence-electron chi connectivity index (χ1n) is 4.22. The number of carboxylic acid groups (broad SMARTS) is 1. The minimum absolute atomic E-state index is 0.210. The topological polar surface area (TPSA) is 50.2 Å². The predicted molar refractivity (Wildman–Crippen MR) is 54.9 cm³/mol. The van der Waals surface area contributed by atoms with E-state index in [1.807, 2.05) is 20.8 Å². The molecular weight excluding hydrogens is 202 g/mol. The van der Waals surface area contributed by atoms with E-state index in [0.29, 0.717) is 10.8 Å². The van der Waals surface area contributed by atoms with Crippen LogP contribution in [0, 0.1) is 0 Å². The summed E-state index contributed by atoms with van der Waals surface area (Å²) >= 11 is 5.72. The summed E-state index contributed by atoms with van der Waals surface area (Å²) in [5, 5.41) is 9.26. The van der Waals surface area contributed by atoms with Crippen LogP contribution in [0.5, 0.6) is 0 Å². The monoisotopic (exact) mass is 213 g/mol. The average molecular weight is 214 g/mol. The third kappa shape index (κ3) is 2.23. The highest BCUT2D eigenvalue weighted by atomic mass is 35.5. The van der Waals surface area contributed by atoms with E-state index in [0.717, 1.165) is 0 Å². The molecule has 0 amide bonds. The molecule has 76 valence electrons. The van der Waals surface area contributed by atoms with Gasteiger partial charge in [0.2, 0.25) is 0 Å². The molecule has 1 aromatic heterocycles. The molecule has 14 heavy (non-hydrogen) atoms. The van der Waals surface area contributed by atoms with Crippen molar-refractivity contribution in [2.45, 2.75) is 26.2 Å². The first-order valence-corrected chi connectivity index (χ1v) is 4.60.